The Bertz CT molecular complexity index is 651. The number of amides is 1. The minimum absolute atomic E-state index is 0.192. The minimum Gasteiger partial charge on any atom is -0.359 e. The molecule has 2 N–H and O–H groups in total. The molecule has 1 heterocycles. The number of halogens is 1. The molecule has 0 unspecified atom stereocenters. The lowest BCUT2D eigenvalue weighted by atomic mass is 10.1. The van der Waals surface area contributed by atoms with Crippen LogP contribution >= 0.6 is 11.6 Å². The topological polar surface area (TPSA) is 65.2 Å². The average molecular weight is 306 g/mol. The van der Waals surface area contributed by atoms with E-state index in [-0.39, 0.29) is 18.2 Å². The fourth-order valence-corrected chi connectivity index (χ4v) is 2.08. The van der Waals surface area contributed by atoms with Crippen molar-refractivity contribution in [2.75, 3.05) is 26.0 Å². The van der Waals surface area contributed by atoms with Crippen LogP contribution in [0.4, 0.5) is 5.69 Å². The number of rotatable bonds is 5. The Morgan fingerprint density at radius 3 is 2.67 bits per heavy atom. The molecule has 0 fully saturated rings. The molecule has 0 aliphatic carbocycles. The van der Waals surface area contributed by atoms with Gasteiger partial charge in [-0.1, -0.05) is 11.6 Å². The van der Waals surface area contributed by atoms with Gasteiger partial charge in [0.15, 0.2) is 0 Å². The molecule has 0 atom stereocenters. The van der Waals surface area contributed by atoms with Gasteiger partial charge in [0.05, 0.1) is 17.9 Å². The van der Waals surface area contributed by atoms with Gasteiger partial charge in [-0.05, 0) is 44.4 Å². The lowest BCUT2D eigenvalue weighted by Gasteiger charge is -2.13. The van der Waals surface area contributed by atoms with Crippen LogP contribution in [0.5, 0.6) is 0 Å². The lowest BCUT2D eigenvalue weighted by molar-refractivity contribution is -0.116. The van der Waals surface area contributed by atoms with Gasteiger partial charge in [-0.3, -0.25) is 9.59 Å². The summed E-state index contributed by atoms with van der Waals surface area (Å²) in [6, 6.07) is 8.23. The third-order valence-electron chi connectivity index (χ3n) is 2.80. The number of nitrogens with one attached hydrogen (secondary N) is 2. The highest BCUT2D eigenvalue weighted by Gasteiger charge is 2.16. The van der Waals surface area contributed by atoms with Gasteiger partial charge in [-0.2, -0.15) is 0 Å². The number of likely N-dealkylation sites (N-methyl/N-ethyl adjacent to an activating group) is 1. The zero-order valence-electron chi connectivity index (χ0n) is 11.8. The van der Waals surface area contributed by atoms with Gasteiger partial charge in [-0.25, -0.2) is 0 Å². The summed E-state index contributed by atoms with van der Waals surface area (Å²) in [4.78, 5) is 28.9. The Balaban J connectivity index is 2.30. The molecule has 0 aliphatic heterocycles. The zero-order valence-corrected chi connectivity index (χ0v) is 12.6. The van der Waals surface area contributed by atoms with E-state index >= 15 is 0 Å². The Labute approximate surface area is 127 Å². The van der Waals surface area contributed by atoms with Crippen molar-refractivity contribution in [3.05, 3.63) is 52.8 Å². The Hall–Kier alpha value is -2.11. The normalized spacial score (nSPS) is 10.7. The first-order valence-corrected chi connectivity index (χ1v) is 6.77. The molecule has 2 aromatic rings. The van der Waals surface area contributed by atoms with Crippen molar-refractivity contribution < 1.29 is 9.59 Å². The second-order valence-corrected chi connectivity index (χ2v) is 5.33. The maximum Gasteiger partial charge on any atom is 0.238 e. The van der Waals surface area contributed by atoms with Gasteiger partial charge in [0.25, 0.3) is 0 Å². The van der Waals surface area contributed by atoms with Gasteiger partial charge < -0.3 is 15.2 Å². The van der Waals surface area contributed by atoms with E-state index < -0.39 is 0 Å². The second kappa shape index (κ2) is 6.56. The average Bonchev–Trinajstić information content (AvgIpc) is 2.93. The van der Waals surface area contributed by atoms with Crippen molar-refractivity contribution in [1.82, 2.24) is 9.88 Å². The molecule has 110 valence electrons. The SMILES string of the molecule is CN(C)CC(=O)Nc1ccc(Cl)cc1C(=O)c1ccc[nH]1. The first-order chi connectivity index (χ1) is 9.97. The smallest absolute Gasteiger partial charge is 0.238 e. The first-order valence-electron chi connectivity index (χ1n) is 6.39. The summed E-state index contributed by atoms with van der Waals surface area (Å²) in [5.41, 5.74) is 1.25. The van der Waals surface area contributed by atoms with Crippen molar-refractivity contribution in [3.63, 3.8) is 0 Å². The predicted molar refractivity (Wildman–Crippen MR) is 82.9 cm³/mol. The van der Waals surface area contributed by atoms with Crippen LogP contribution in [0.3, 0.4) is 0 Å². The third kappa shape index (κ3) is 3.93. The molecule has 0 bridgehead atoms. The van der Waals surface area contributed by atoms with Crippen LogP contribution in [-0.4, -0.2) is 42.2 Å². The number of nitrogens with zero attached hydrogens (tertiary/aromatic N) is 1. The summed E-state index contributed by atoms with van der Waals surface area (Å²) in [5.74, 6) is -0.412. The Morgan fingerprint density at radius 2 is 2.05 bits per heavy atom. The monoisotopic (exact) mass is 305 g/mol. The number of aromatic nitrogens is 1. The summed E-state index contributed by atoms with van der Waals surface area (Å²) in [6.07, 6.45) is 1.67. The second-order valence-electron chi connectivity index (χ2n) is 4.89. The van der Waals surface area contributed by atoms with Gasteiger partial charge in [-0.15, -0.1) is 0 Å². The molecule has 1 aromatic heterocycles. The molecule has 21 heavy (non-hydrogen) atoms. The number of H-pyrrole nitrogens is 1. The summed E-state index contributed by atoms with van der Waals surface area (Å²) in [5, 5.41) is 3.18. The highest BCUT2D eigenvalue weighted by atomic mass is 35.5. The molecule has 0 radical (unpaired) electrons. The Morgan fingerprint density at radius 1 is 1.29 bits per heavy atom. The number of anilines is 1. The largest absolute Gasteiger partial charge is 0.359 e. The van der Waals surface area contributed by atoms with Crippen molar-refractivity contribution in [3.8, 4) is 0 Å². The predicted octanol–water partition coefficient (Wildman–Crippen LogP) is 2.40. The molecule has 0 spiro atoms. The van der Waals surface area contributed by atoms with Crippen molar-refractivity contribution in [2.24, 2.45) is 0 Å². The standard InChI is InChI=1S/C15H16ClN3O2/c1-19(2)9-14(20)18-12-6-5-10(16)8-11(12)15(21)13-4-3-7-17-13/h3-8,17H,9H2,1-2H3,(H,18,20). The van der Waals surface area contributed by atoms with Crippen molar-refractivity contribution >= 4 is 29.0 Å². The Kier molecular flexibility index (Phi) is 4.77. The van der Waals surface area contributed by atoms with Crippen LogP contribution in [0.1, 0.15) is 16.1 Å². The summed E-state index contributed by atoms with van der Waals surface area (Å²) >= 11 is 5.96. The molecule has 0 aliphatic rings. The lowest BCUT2D eigenvalue weighted by Crippen LogP contribution is -2.27. The number of carbonyl (C=O) groups excluding carboxylic acids is 2. The molecule has 0 saturated heterocycles. The number of carbonyl (C=O) groups is 2. The summed E-state index contributed by atoms with van der Waals surface area (Å²) in [6.45, 7) is 0.235. The molecule has 0 saturated carbocycles. The van der Waals surface area contributed by atoms with Crippen LogP contribution in [0.15, 0.2) is 36.5 Å². The van der Waals surface area contributed by atoms with Crippen LogP contribution in [0.25, 0.3) is 0 Å². The van der Waals surface area contributed by atoms with Gasteiger partial charge in [0.2, 0.25) is 11.7 Å². The van der Waals surface area contributed by atoms with E-state index in [2.05, 4.69) is 10.3 Å². The number of aromatic amines is 1. The van der Waals surface area contributed by atoms with Gasteiger partial charge in [0.1, 0.15) is 0 Å². The van der Waals surface area contributed by atoms with Gasteiger partial charge in [0, 0.05) is 16.8 Å². The third-order valence-corrected chi connectivity index (χ3v) is 3.04. The number of ketones is 1. The summed E-state index contributed by atoms with van der Waals surface area (Å²) < 4.78 is 0. The van der Waals surface area contributed by atoms with E-state index in [0.717, 1.165) is 0 Å². The van der Waals surface area contributed by atoms with E-state index in [1.54, 1.807) is 55.5 Å². The molecular weight excluding hydrogens is 290 g/mol. The van der Waals surface area contributed by atoms with Crippen LogP contribution in [0, 0.1) is 0 Å². The fourth-order valence-electron chi connectivity index (χ4n) is 1.91. The number of benzene rings is 1. The quantitative estimate of drug-likeness (QED) is 0.834. The maximum atomic E-state index is 12.4. The number of hydrogen-bond donors (Lipinski definition) is 2. The van der Waals surface area contributed by atoms with Crippen LogP contribution in [-0.2, 0) is 4.79 Å². The van der Waals surface area contributed by atoms with Crippen molar-refractivity contribution in [2.45, 2.75) is 0 Å². The molecule has 5 nitrogen and oxygen atoms in total. The minimum atomic E-state index is -0.220. The van der Waals surface area contributed by atoms with Crippen LogP contribution < -0.4 is 5.32 Å². The molecule has 2 rings (SSSR count). The van der Waals surface area contributed by atoms with E-state index in [0.29, 0.717) is 22.0 Å². The molecule has 6 heteroatoms. The van der Waals surface area contributed by atoms with E-state index in [1.165, 1.54) is 0 Å². The molecular formula is C15H16ClN3O2. The zero-order chi connectivity index (χ0) is 15.4. The fraction of sp³-hybridized carbons (Fsp3) is 0.200. The first kappa shape index (κ1) is 15.3. The summed E-state index contributed by atoms with van der Waals surface area (Å²) in [7, 11) is 3.60. The van der Waals surface area contributed by atoms with Gasteiger partial charge >= 0.3 is 0 Å². The van der Waals surface area contributed by atoms with E-state index in [4.69, 9.17) is 11.6 Å². The maximum absolute atomic E-state index is 12.4. The molecule has 1 amide bonds. The highest BCUT2D eigenvalue weighted by Crippen LogP contribution is 2.23. The van der Waals surface area contributed by atoms with E-state index in [1.807, 2.05) is 0 Å². The highest BCUT2D eigenvalue weighted by molar-refractivity contribution is 6.31. The van der Waals surface area contributed by atoms with E-state index in [9.17, 15) is 9.59 Å². The van der Waals surface area contributed by atoms with Crippen LogP contribution in [0.2, 0.25) is 5.02 Å². The number of hydrogen-bond acceptors (Lipinski definition) is 3. The molecule has 1 aromatic carbocycles. The van der Waals surface area contributed by atoms with Crippen molar-refractivity contribution in [1.29, 1.82) is 0 Å².